The van der Waals surface area contributed by atoms with Crippen molar-refractivity contribution in [2.24, 2.45) is 5.50 Å². The fourth-order valence-corrected chi connectivity index (χ4v) is 2.75. The summed E-state index contributed by atoms with van der Waals surface area (Å²) in [5, 5.41) is 0. The largest absolute Gasteiger partial charge is 0.309 e. The van der Waals surface area contributed by atoms with Crippen LogP contribution in [0, 0.1) is 0 Å². The Balaban J connectivity index is 4.42. The van der Waals surface area contributed by atoms with E-state index in [0.717, 1.165) is 12.8 Å². The summed E-state index contributed by atoms with van der Waals surface area (Å²) in [6.07, 6.45) is 1.73. The van der Waals surface area contributed by atoms with E-state index in [9.17, 15) is 4.57 Å². The zero-order valence-corrected chi connectivity index (χ0v) is 10.3. The molecule has 0 rings (SSSR count). The van der Waals surface area contributed by atoms with Crippen molar-refractivity contribution in [2.75, 3.05) is 13.1 Å². The first-order chi connectivity index (χ1) is 5.96. The highest BCUT2D eigenvalue weighted by molar-refractivity contribution is 7.59. The van der Waals surface area contributed by atoms with Gasteiger partial charge in [-0.3, -0.25) is 10.1 Å². The van der Waals surface area contributed by atoms with Crippen molar-refractivity contribution < 1.29 is 4.57 Å². The molecule has 0 radical (unpaired) electrons. The normalized spacial score (nSPS) is 16.5. The van der Waals surface area contributed by atoms with Crippen LogP contribution in [0.25, 0.3) is 0 Å². The van der Waals surface area contributed by atoms with Gasteiger partial charge in [0.25, 0.3) is 0 Å². The number of nitrogens with zero attached hydrogens (tertiary/aromatic N) is 2. The summed E-state index contributed by atoms with van der Waals surface area (Å²) < 4.78 is 13.9. The summed E-state index contributed by atoms with van der Waals surface area (Å²) >= 11 is 10.8. The first-order valence-electron chi connectivity index (χ1n) is 4.23. The molecule has 13 heavy (non-hydrogen) atoms. The fourth-order valence-electron chi connectivity index (χ4n) is 1.01. The summed E-state index contributed by atoms with van der Waals surface area (Å²) in [7, 11) is -3.21. The lowest BCUT2D eigenvalue weighted by Gasteiger charge is -2.28. The van der Waals surface area contributed by atoms with Gasteiger partial charge in [-0.25, -0.2) is 4.67 Å². The first-order valence-corrected chi connectivity index (χ1v) is 6.58. The van der Waals surface area contributed by atoms with Crippen molar-refractivity contribution in [1.82, 2.24) is 8.38 Å². The molecule has 0 aromatic heterocycles. The maximum absolute atomic E-state index is 11.8. The third-order valence-electron chi connectivity index (χ3n) is 1.59. The summed E-state index contributed by atoms with van der Waals surface area (Å²) in [6.45, 7) is 5.24. The van der Waals surface area contributed by atoms with Gasteiger partial charge in [-0.2, -0.15) is 0 Å². The minimum atomic E-state index is -3.21. The van der Waals surface area contributed by atoms with E-state index >= 15 is 0 Å². The second-order valence-corrected chi connectivity index (χ2v) is 6.22. The van der Waals surface area contributed by atoms with E-state index in [4.69, 9.17) is 29.1 Å². The quantitative estimate of drug-likeness (QED) is 0.580. The molecular formula is C6H16Cl2N3OP. The van der Waals surface area contributed by atoms with Crippen molar-refractivity contribution in [3.8, 4) is 0 Å². The molecule has 1 unspecified atom stereocenters. The van der Waals surface area contributed by atoms with Gasteiger partial charge in [0.05, 0.1) is 0 Å². The van der Waals surface area contributed by atoms with Gasteiger partial charge in [0.1, 0.15) is 0 Å². The third kappa shape index (κ3) is 4.15. The summed E-state index contributed by atoms with van der Waals surface area (Å²) in [6, 6.07) is 0. The summed E-state index contributed by atoms with van der Waals surface area (Å²) in [5.41, 5.74) is 5.52. The Morgan fingerprint density at radius 2 is 1.62 bits per heavy atom. The highest BCUT2D eigenvalue weighted by atomic mass is 35.5. The maximum Gasteiger partial charge on any atom is 0.309 e. The lowest BCUT2D eigenvalue weighted by Crippen LogP contribution is -2.29. The highest BCUT2D eigenvalue weighted by Crippen LogP contribution is 2.48. The third-order valence-corrected chi connectivity index (χ3v) is 4.53. The van der Waals surface area contributed by atoms with Crippen molar-refractivity contribution in [2.45, 2.75) is 26.7 Å². The van der Waals surface area contributed by atoms with Gasteiger partial charge in [0, 0.05) is 36.6 Å². The van der Waals surface area contributed by atoms with E-state index in [1.165, 1.54) is 0 Å². The van der Waals surface area contributed by atoms with E-state index in [1.807, 2.05) is 13.8 Å². The van der Waals surface area contributed by atoms with E-state index in [1.54, 1.807) is 4.67 Å². The molecule has 0 heterocycles. The molecule has 2 N–H and O–H groups in total. The topological polar surface area (TPSA) is 49.6 Å². The Hall–Kier alpha value is 0.690. The molecule has 0 bridgehead atoms. The molecule has 0 saturated carbocycles. The first kappa shape index (κ1) is 13.7. The maximum atomic E-state index is 11.8. The van der Waals surface area contributed by atoms with Crippen LogP contribution in [-0.4, -0.2) is 21.5 Å². The van der Waals surface area contributed by atoms with Crippen molar-refractivity contribution in [3.63, 3.8) is 0 Å². The van der Waals surface area contributed by atoms with Crippen LogP contribution in [0.4, 0.5) is 0 Å². The van der Waals surface area contributed by atoms with Crippen molar-refractivity contribution >= 4 is 31.1 Å². The number of nitrogens with two attached hydrogens (primary N) is 1. The number of rotatable bonds is 6. The summed E-state index contributed by atoms with van der Waals surface area (Å²) in [5.74, 6) is 0. The molecule has 1 atom stereocenters. The van der Waals surface area contributed by atoms with Crippen LogP contribution in [0.1, 0.15) is 26.7 Å². The number of hydrogen-bond acceptors (Lipinski definition) is 1. The Bertz CT molecular complexity index is 185. The van der Waals surface area contributed by atoms with E-state index in [0.29, 0.717) is 16.8 Å². The van der Waals surface area contributed by atoms with Crippen LogP contribution in [-0.2, 0) is 4.57 Å². The standard InChI is InChI=1S/C6H16Cl2N3OP/c1-3-5-10(6-4-2)13(9,12)11(7)8/h3-6H2,1-2H3,(H2,9,12). The molecule has 0 fully saturated rings. The molecule has 0 aromatic rings. The van der Waals surface area contributed by atoms with Crippen molar-refractivity contribution in [1.29, 1.82) is 0 Å². The Morgan fingerprint density at radius 1 is 1.23 bits per heavy atom. The molecule has 4 nitrogen and oxygen atoms in total. The van der Waals surface area contributed by atoms with Gasteiger partial charge >= 0.3 is 7.59 Å². The van der Waals surface area contributed by atoms with Crippen LogP contribution in [0.2, 0.25) is 0 Å². The van der Waals surface area contributed by atoms with Crippen LogP contribution in [0.15, 0.2) is 0 Å². The van der Waals surface area contributed by atoms with Gasteiger partial charge in [-0.05, 0) is 16.6 Å². The van der Waals surface area contributed by atoms with Gasteiger partial charge in [-0.15, -0.1) is 0 Å². The molecule has 80 valence electrons. The summed E-state index contributed by atoms with van der Waals surface area (Å²) in [4.78, 5) is 0. The minimum Gasteiger partial charge on any atom is -0.268 e. The smallest absolute Gasteiger partial charge is 0.268 e. The number of hydrogen-bond donors (Lipinski definition) is 1. The van der Waals surface area contributed by atoms with Gasteiger partial charge < -0.3 is 0 Å². The van der Waals surface area contributed by atoms with Crippen LogP contribution < -0.4 is 5.50 Å². The van der Waals surface area contributed by atoms with Crippen LogP contribution in [0.5, 0.6) is 0 Å². The second-order valence-electron chi connectivity index (χ2n) is 2.76. The Labute approximate surface area is 89.7 Å². The molecule has 0 spiro atoms. The monoisotopic (exact) mass is 247 g/mol. The van der Waals surface area contributed by atoms with Gasteiger partial charge in [-0.1, -0.05) is 13.8 Å². The molecular weight excluding hydrogens is 232 g/mol. The average molecular weight is 248 g/mol. The molecule has 0 aromatic carbocycles. The zero-order valence-electron chi connectivity index (χ0n) is 7.91. The van der Waals surface area contributed by atoms with E-state index < -0.39 is 7.59 Å². The highest BCUT2D eigenvalue weighted by Gasteiger charge is 2.30. The minimum absolute atomic E-state index is 0.568. The molecule has 0 aliphatic heterocycles. The average Bonchev–Trinajstić information content (AvgIpc) is 2.03. The predicted molar refractivity (Wildman–Crippen MR) is 57.5 cm³/mol. The molecule has 0 amide bonds. The zero-order chi connectivity index (χ0) is 10.5. The van der Waals surface area contributed by atoms with Crippen LogP contribution in [0.3, 0.4) is 0 Å². The lowest BCUT2D eigenvalue weighted by atomic mass is 10.4. The van der Waals surface area contributed by atoms with Gasteiger partial charge in [0.15, 0.2) is 0 Å². The molecule has 0 aliphatic carbocycles. The molecule has 7 heteroatoms. The van der Waals surface area contributed by atoms with E-state index in [-0.39, 0.29) is 0 Å². The molecule has 0 saturated heterocycles. The second kappa shape index (κ2) is 6.23. The van der Waals surface area contributed by atoms with Crippen LogP contribution >= 0.6 is 31.1 Å². The fraction of sp³-hybridized carbons (Fsp3) is 1.00. The molecule has 0 aliphatic rings. The van der Waals surface area contributed by atoms with Crippen molar-refractivity contribution in [3.05, 3.63) is 0 Å². The predicted octanol–water partition coefficient (Wildman–Crippen LogP) is 2.78. The van der Waals surface area contributed by atoms with Gasteiger partial charge in [0.2, 0.25) is 0 Å². The SMILES string of the molecule is CCCN(CCC)P(N)(=O)N(Cl)Cl. The Kier molecular flexibility index (Phi) is 6.56. The van der Waals surface area contributed by atoms with E-state index in [2.05, 4.69) is 0 Å². The Morgan fingerprint density at radius 3 is 1.85 bits per heavy atom. The lowest BCUT2D eigenvalue weighted by molar-refractivity contribution is 0.396. The number of halogens is 2.